The molecule has 184 valence electrons. The Morgan fingerprint density at radius 3 is 2.25 bits per heavy atom. The summed E-state index contributed by atoms with van der Waals surface area (Å²) in [6, 6.07) is 25.1. The van der Waals surface area contributed by atoms with Gasteiger partial charge in [0.25, 0.3) is 5.91 Å². The number of carbonyl (C=O) groups excluding carboxylic acids is 1. The molecule has 1 fully saturated rings. The van der Waals surface area contributed by atoms with Crippen LogP contribution in [0.4, 0.5) is 4.39 Å². The largest absolute Gasteiger partial charge is 0.489 e. The van der Waals surface area contributed by atoms with E-state index in [0.717, 1.165) is 40.3 Å². The zero-order valence-corrected chi connectivity index (χ0v) is 20.7. The number of carbonyl (C=O) groups is 1. The number of thiazole rings is 1. The summed E-state index contributed by atoms with van der Waals surface area (Å²) in [5.74, 6) is 0.470. The molecule has 1 heterocycles. The lowest BCUT2D eigenvalue weighted by Crippen LogP contribution is -2.26. The summed E-state index contributed by atoms with van der Waals surface area (Å²) in [5.41, 5.74) is 3.75. The van der Waals surface area contributed by atoms with Crippen LogP contribution in [-0.2, 0) is 26.2 Å². The van der Waals surface area contributed by atoms with Crippen LogP contribution in [0, 0.1) is 5.82 Å². The second-order valence-electron chi connectivity index (χ2n) is 9.06. The lowest BCUT2D eigenvalue weighted by Gasteiger charge is -2.22. The van der Waals surface area contributed by atoms with Crippen molar-refractivity contribution in [1.29, 1.82) is 0 Å². The third kappa shape index (κ3) is 6.99. The third-order valence-electron chi connectivity index (χ3n) is 5.95. The summed E-state index contributed by atoms with van der Waals surface area (Å²) in [5, 5.41) is 5.69. The van der Waals surface area contributed by atoms with Gasteiger partial charge in [-0.3, -0.25) is 9.69 Å². The van der Waals surface area contributed by atoms with E-state index in [4.69, 9.17) is 4.74 Å². The Labute approximate surface area is 214 Å². The van der Waals surface area contributed by atoms with Gasteiger partial charge >= 0.3 is 0 Å². The molecule has 5 nitrogen and oxygen atoms in total. The zero-order valence-electron chi connectivity index (χ0n) is 19.9. The van der Waals surface area contributed by atoms with E-state index in [1.807, 2.05) is 47.8 Å². The fourth-order valence-electron chi connectivity index (χ4n) is 3.87. The van der Waals surface area contributed by atoms with Gasteiger partial charge in [0, 0.05) is 24.5 Å². The standard InChI is InChI=1S/C29H28FN3O2S/c30-24-10-6-21(7-11-24)16-33(18-28-32-27(20-36-28)29(34)31-25-12-13-25)17-22-8-14-26(15-9-22)35-19-23-4-2-1-3-5-23/h1-11,14-15,20,25H,12-13,16-19H2,(H,31,34). The van der Waals surface area contributed by atoms with Gasteiger partial charge in [-0.1, -0.05) is 54.6 Å². The van der Waals surface area contributed by atoms with Gasteiger partial charge in [0.05, 0.1) is 6.54 Å². The van der Waals surface area contributed by atoms with Gasteiger partial charge in [-0.25, -0.2) is 9.37 Å². The summed E-state index contributed by atoms with van der Waals surface area (Å²) >= 11 is 1.49. The molecule has 1 aromatic heterocycles. The van der Waals surface area contributed by atoms with Crippen molar-refractivity contribution in [3.63, 3.8) is 0 Å². The highest BCUT2D eigenvalue weighted by Crippen LogP contribution is 2.22. The van der Waals surface area contributed by atoms with Crippen molar-refractivity contribution in [2.24, 2.45) is 0 Å². The average Bonchev–Trinajstić information content (AvgIpc) is 3.59. The van der Waals surface area contributed by atoms with Gasteiger partial charge in [-0.05, 0) is 53.8 Å². The van der Waals surface area contributed by atoms with Gasteiger partial charge in [0.15, 0.2) is 0 Å². The monoisotopic (exact) mass is 501 g/mol. The van der Waals surface area contributed by atoms with E-state index >= 15 is 0 Å². The van der Waals surface area contributed by atoms with Crippen molar-refractivity contribution >= 4 is 17.2 Å². The molecule has 0 bridgehead atoms. The van der Waals surface area contributed by atoms with E-state index in [1.54, 1.807) is 12.1 Å². The molecule has 1 amide bonds. The molecule has 1 aliphatic carbocycles. The van der Waals surface area contributed by atoms with E-state index < -0.39 is 0 Å². The van der Waals surface area contributed by atoms with E-state index in [-0.39, 0.29) is 11.7 Å². The zero-order chi connectivity index (χ0) is 24.7. The summed E-state index contributed by atoms with van der Waals surface area (Å²) < 4.78 is 19.3. The number of aromatic nitrogens is 1. The fraction of sp³-hybridized carbons (Fsp3) is 0.241. The van der Waals surface area contributed by atoms with Crippen LogP contribution in [0.3, 0.4) is 0 Å². The van der Waals surface area contributed by atoms with Gasteiger partial charge in [-0.2, -0.15) is 0 Å². The highest BCUT2D eigenvalue weighted by molar-refractivity contribution is 7.09. The first-order valence-corrected chi connectivity index (χ1v) is 13.0. The highest BCUT2D eigenvalue weighted by Gasteiger charge is 2.25. The Balaban J connectivity index is 1.25. The molecule has 1 saturated carbocycles. The summed E-state index contributed by atoms with van der Waals surface area (Å²) in [7, 11) is 0. The molecule has 0 saturated heterocycles. The Hall–Kier alpha value is -3.55. The lowest BCUT2D eigenvalue weighted by molar-refractivity contribution is 0.0946. The SMILES string of the molecule is O=C(NC1CC1)c1csc(CN(Cc2ccc(F)cc2)Cc2ccc(OCc3ccccc3)cc2)n1. The topological polar surface area (TPSA) is 54.5 Å². The number of nitrogens with one attached hydrogen (secondary N) is 1. The number of ether oxygens (including phenoxy) is 1. The maximum Gasteiger partial charge on any atom is 0.270 e. The van der Waals surface area contributed by atoms with Gasteiger partial charge in [0.2, 0.25) is 0 Å². The molecule has 1 aliphatic rings. The van der Waals surface area contributed by atoms with Crippen LogP contribution in [0.1, 0.15) is 45.0 Å². The molecule has 0 aliphatic heterocycles. The number of halogens is 1. The Morgan fingerprint density at radius 1 is 0.917 bits per heavy atom. The van der Waals surface area contributed by atoms with E-state index in [9.17, 15) is 9.18 Å². The molecule has 0 atom stereocenters. The molecule has 36 heavy (non-hydrogen) atoms. The number of hydrogen-bond acceptors (Lipinski definition) is 5. The van der Waals surface area contributed by atoms with Crippen molar-refractivity contribution in [3.05, 3.63) is 117 Å². The van der Waals surface area contributed by atoms with Gasteiger partial charge in [0.1, 0.15) is 28.9 Å². The number of nitrogens with zero attached hydrogens (tertiary/aromatic N) is 2. The normalized spacial score (nSPS) is 13.1. The van der Waals surface area contributed by atoms with Crippen LogP contribution in [0.5, 0.6) is 5.75 Å². The van der Waals surface area contributed by atoms with Gasteiger partial charge < -0.3 is 10.1 Å². The maximum absolute atomic E-state index is 13.4. The third-order valence-corrected chi connectivity index (χ3v) is 6.79. The van der Waals surface area contributed by atoms with Crippen molar-refractivity contribution in [2.75, 3.05) is 0 Å². The quantitative estimate of drug-likeness (QED) is 0.276. The minimum absolute atomic E-state index is 0.101. The van der Waals surface area contributed by atoms with Crippen molar-refractivity contribution in [3.8, 4) is 5.75 Å². The van der Waals surface area contributed by atoms with Crippen LogP contribution in [0.15, 0.2) is 84.2 Å². The molecule has 4 aromatic rings. The minimum Gasteiger partial charge on any atom is -0.489 e. The van der Waals surface area contributed by atoms with Crippen LogP contribution >= 0.6 is 11.3 Å². The van der Waals surface area contributed by atoms with Crippen LogP contribution in [0.2, 0.25) is 0 Å². The number of hydrogen-bond donors (Lipinski definition) is 1. The number of rotatable bonds is 11. The lowest BCUT2D eigenvalue weighted by atomic mass is 10.1. The summed E-state index contributed by atoms with van der Waals surface area (Å²) in [6.07, 6.45) is 2.09. The predicted molar refractivity (Wildman–Crippen MR) is 139 cm³/mol. The molecular weight excluding hydrogens is 473 g/mol. The fourth-order valence-corrected chi connectivity index (χ4v) is 4.69. The van der Waals surface area contributed by atoms with E-state index in [2.05, 4.69) is 27.3 Å². The number of amides is 1. The molecule has 1 N–H and O–H groups in total. The second kappa shape index (κ2) is 11.5. The van der Waals surface area contributed by atoms with Crippen molar-refractivity contribution in [1.82, 2.24) is 15.2 Å². The maximum atomic E-state index is 13.4. The molecule has 0 unspecified atom stereocenters. The van der Waals surface area contributed by atoms with Crippen LogP contribution in [-0.4, -0.2) is 21.8 Å². The van der Waals surface area contributed by atoms with Crippen molar-refractivity contribution in [2.45, 2.75) is 45.1 Å². The smallest absolute Gasteiger partial charge is 0.270 e. The second-order valence-corrected chi connectivity index (χ2v) is 10.0. The molecule has 3 aromatic carbocycles. The molecular formula is C29H28FN3O2S. The minimum atomic E-state index is -0.248. The molecule has 0 spiro atoms. The average molecular weight is 502 g/mol. The first kappa shape index (κ1) is 24.2. The van der Waals surface area contributed by atoms with Crippen LogP contribution < -0.4 is 10.1 Å². The van der Waals surface area contributed by atoms with Gasteiger partial charge in [-0.15, -0.1) is 11.3 Å². The Bertz CT molecular complexity index is 1270. The molecule has 0 radical (unpaired) electrons. The van der Waals surface area contributed by atoms with Crippen molar-refractivity contribution < 1.29 is 13.9 Å². The van der Waals surface area contributed by atoms with Crippen LogP contribution in [0.25, 0.3) is 0 Å². The Kier molecular flexibility index (Phi) is 7.69. The first-order valence-electron chi connectivity index (χ1n) is 12.1. The van der Waals surface area contributed by atoms with E-state index in [1.165, 1.54) is 23.5 Å². The Morgan fingerprint density at radius 2 is 1.58 bits per heavy atom. The van der Waals surface area contributed by atoms with E-state index in [0.29, 0.717) is 38.0 Å². The predicted octanol–water partition coefficient (Wildman–Crippen LogP) is 5.96. The summed E-state index contributed by atoms with van der Waals surface area (Å²) in [4.78, 5) is 19.2. The number of benzene rings is 3. The molecule has 5 rings (SSSR count). The molecule has 7 heteroatoms. The highest BCUT2D eigenvalue weighted by atomic mass is 32.1. The first-order chi connectivity index (χ1) is 17.6. The summed E-state index contributed by atoms with van der Waals surface area (Å²) in [6.45, 7) is 2.43.